The van der Waals surface area contributed by atoms with Crippen LogP contribution in [-0.4, -0.2) is 44.0 Å². The summed E-state index contributed by atoms with van der Waals surface area (Å²) in [4.78, 5) is 26.5. The van der Waals surface area contributed by atoms with Gasteiger partial charge in [0.25, 0.3) is 0 Å². The molecule has 0 aromatic carbocycles. The standard InChI is InChI=1S/C12H19N3O2S/c1-9-4-5-10(18-9)6-7-13-11(16)8-14-12(17)15(2)3/h4-5H,6-8H2,1-3H3,(H,13,16)(H,14,17). The number of rotatable bonds is 5. The van der Waals surface area contributed by atoms with Crippen LogP contribution >= 0.6 is 11.3 Å². The fourth-order valence-electron chi connectivity index (χ4n) is 1.32. The third-order valence-electron chi connectivity index (χ3n) is 2.30. The van der Waals surface area contributed by atoms with E-state index < -0.39 is 0 Å². The van der Waals surface area contributed by atoms with Crippen molar-refractivity contribution in [3.63, 3.8) is 0 Å². The van der Waals surface area contributed by atoms with Crippen LogP contribution in [0.3, 0.4) is 0 Å². The van der Waals surface area contributed by atoms with Gasteiger partial charge in [-0.15, -0.1) is 11.3 Å². The summed E-state index contributed by atoms with van der Waals surface area (Å²) < 4.78 is 0. The molecule has 0 bridgehead atoms. The molecular formula is C12H19N3O2S. The van der Waals surface area contributed by atoms with Crippen LogP contribution in [0.25, 0.3) is 0 Å². The molecule has 1 rings (SSSR count). The molecular weight excluding hydrogens is 250 g/mol. The Hall–Kier alpha value is -1.56. The molecule has 1 aromatic heterocycles. The molecule has 1 heterocycles. The fraction of sp³-hybridized carbons (Fsp3) is 0.500. The maximum atomic E-state index is 11.4. The zero-order chi connectivity index (χ0) is 13.5. The van der Waals surface area contributed by atoms with Gasteiger partial charge in [-0.2, -0.15) is 0 Å². The number of nitrogens with zero attached hydrogens (tertiary/aromatic N) is 1. The third kappa shape index (κ3) is 5.18. The highest BCUT2D eigenvalue weighted by Crippen LogP contribution is 2.14. The van der Waals surface area contributed by atoms with Crippen molar-refractivity contribution in [1.29, 1.82) is 0 Å². The summed E-state index contributed by atoms with van der Waals surface area (Å²) in [7, 11) is 3.26. The van der Waals surface area contributed by atoms with E-state index in [1.54, 1.807) is 25.4 Å². The van der Waals surface area contributed by atoms with Crippen molar-refractivity contribution in [3.05, 3.63) is 21.9 Å². The monoisotopic (exact) mass is 269 g/mol. The zero-order valence-corrected chi connectivity index (χ0v) is 11.8. The van der Waals surface area contributed by atoms with Gasteiger partial charge >= 0.3 is 6.03 Å². The number of amides is 3. The van der Waals surface area contributed by atoms with Gasteiger partial charge in [0.05, 0.1) is 6.54 Å². The number of hydrogen-bond acceptors (Lipinski definition) is 3. The molecule has 0 unspecified atom stereocenters. The molecule has 5 nitrogen and oxygen atoms in total. The van der Waals surface area contributed by atoms with E-state index in [0.717, 1.165) is 6.42 Å². The largest absolute Gasteiger partial charge is 0.354 e. The molecule has 6 heteroatoms. The number of hydrogen-bond donors (Lipinski definition) is 2. The first-order chi connectivity index (χ1) is 8.49. The minimum absolute atomic E-state index is 0.0144. The van der Waals surface area contributed by atoms with E-state index in [-0.39, 0.29) is 18.5 Å². The van der Waals surface area contributed by atoms with E-state index in [4.69, 9.17) is 0 Å². The van der Waals surface area contributed by atoms with E-state index in [9.17, 15) is 9.59 Å². The van der Waals surface area contributed by atoms with Gasteiger partial charge < -0.3 is 15.5 Å². The maximum Gasteiger partial charge on any atom is 0.317 e. The lowest BCUT2D eigenvalue weighted by Gasteiger charge is -2.11. The Kier molecular flexibility index (Phi) is 5.64. The van der Waals surface area contributed by atoms with Gasteiger partial charge in [-0.05, 0) is 25.5 Å². The fourth-order valence-corrected chi connectivity index (χ4v) is 2.21. The second-order valence-electron chi connectivity index (χ2n) is 4.17. The van der Waals surface area contributed by atoms with Gasteiger partial charge in [0, 0.05) is 30.4 Å². The summed E-state index contributed by atoms with van der Waals surface area (Å²) in [5.74, 6) is -0.168. The zero-order valence-electron chi connectivity index (χ0n) is 10.9. The van der Waals surface area contributed by atoms with E-state index in [0.29, 0.717) is 6.54 Å². The van der Waals surface area contributed by atoms with Gasteiger partial charge in [0.1, 0.15) is 0 Å². The van der Waals surface area contributed by atoms with Crippen molar-refractivity contribution < 1.29 is 9.59 Å². The Morgan fingerprint density at radius 1 is 1.28 bits per heavy atom. The van der Waals surface area contributed by atoms with Crippen LogP contribution < -0.4 is 10.6 Å². The molecule has 100 valence electrons. The van der Waals surface area contributed by atoms with E-state index >= 15 is 0 Å². The van der Waals surface area contributed by atoms with Gasteiger partial charge in [-0.3, -0.25) is 4.79 Å². The van der Waals surface area contributed by atoms with Crippen LogP contribution in [0, 0.1) is 6.92 Å². The Labute approximate surface area is 111 Å². The van der Waals surface area contributed by atoms with Crippen LogP contribution in [0.4, 0.5) is 4.79 Å². The van der Waals surface area contributed by atoms with Crippen molar-refractivity contribution in [1.82, 2.24) is 15.5 Å². The van der Waals surface area contributed by atoms with Crippen LogP contribution in [-0.2, 0) is 11.2 Å². The average molecular weight is 269 g/mol. The summed E-state index contributed by atoms with van der Waals surface area (Å²) >= 11 is 1.73. The van der Waals surface area contributed by atoms with Crippen LogP contribution in [0.5, 0.6) is 0 Å². The molecule has 0 aliphatic rings. The highest BCUT2D eigenvalue weighted by Gasteiger charge is 2.06. The summed E-state index contributed by atoms with van der Waals surface area (Å²) in [5.41, 5.74) is 0. The van der Waals surface area contributed by atoms with E-state index in [1.165, 1.54) is 14.7 Å². The molecule has 0 saturated carbocycles. The van der Waals surface area contributed by atoms with Crippen molar-refractivity contribution in [2.24, 2.45) is 0 Å². The summed E-state index contributed by atoms with van der Waals surface area (Å²) in [6, 6.07) is 3.87. The first-order valence-electron chi connectivity index (χ1n) is 5.76. The predicted molar refractivity (Wildman–Crippen MR) is 72.9 cm³/mol. The highest BCUT2D eigenvalue weighted by molar-refractivity contribution is 7.11. The minimum atomic E-state index is -0.265. The van der Waals surface area contributed by atoms with Crippen molar-refractivity contribution in [3.8, 4) is 0 Å². The molecule has 0 aliphatic carbocycles. The summed E-state index contributed by atoms with van der Waals surface area (Å²) in [6.07, 6.45) is 0.825. The molecule has 0 atom stereocenters. The number of aryl methyl sites for hydroxylation is 1. The Morgan fingerprint density at radius 2 is 2.00 bits per heavy atom. The minimum Gasteiger partial charge on any atom is -0.354 e. The molecule has 0 saturated heterocycles. The smallest absolute Gasteiger partial charge is 0.317 e. The Morgan fingerprint density at radius 3 is 2.56 bits per heavy atom. The Bertz CT molecular complexity index is 415. The van der Waals surface area contributed by atoms with Gasteiger partial charge in [0.15, 0.2) is 0 Å². The lowest BCUT2D eigenvalue weighted by Crippen LogP contribution is -2.41. The second-order valence-corrected chi connectivity index (χ2v) is 5.54. The lowest BCUT2D eigenvalue weighted by atomic mass is 10.3. The maximum absolute atomic E-state index is 11.4. The molecule has 0 radical (unpaired) electrons. The first kappa shape index (κ1) is 14.5. The summed E-state index contributed by atoms with van der Waals surface area (Å²) in [5, 5.41) is 5.28. The number of carbonyl (C=O) groups excluding carboxylic acids is 2. The van der Waals surface area contributed by atoms with Gasteiger partial charge in [-0.1, -0.05) is 0 Å². The van der Waals surface area contributed by atoms with Gasteiger partial charge in [-0.25, -0.2) is 4.79 Å². The number of nitrogens with one attached hydrogen (secondary N) is 2. The first-order valence-corrected chi connectivity index (χ1v) is 6.58. The molecule has 0 spiro atoms. The van der Waals surface area contributed by atoms with E-state index in [2.05, 4.69) is 29.7 Å². The second kappa shape index (κ2) is 7.00. The molecule has 18 heavy (non-hydrogen) atoms. The van der Waals surface area contributed by atoms with Crippen LogP contribution in [0.15, 0.2) is 12.1 Å². The molecule has 0 fully saturated rings. The third-order valence-corrected chi connectivity index (χ3v) is 3.36. The van der Waals surface area contributed by atoms with E-state index in [1.807, 2.05) is 0 Å². The normalized spacial score (nSPS) is 9.94. The quantitative estimate of drug-likeness (QED) is 0.837. The van der Waals surface area contributed by atoms with Crippen molar-refractivity contribution >= 4 is 23.3 Å². The predicted octanol–water partition coefficient (Wildman–Crippen LogP) is 0.986. The average Bonchev–Trinajstić information content (AvgIpc) is 2.71. The van der Waals surface area contributed by atoms with Gasteiger partial charge in [0.2, 0.25) is 5.91 Å². The van der Waals surface area contributed by atoms with Crippen molar-refractivity contribution in [2.75, 3.05) is 27.2 Å². The van der Waals surface area contributed by atoms with Crippen LogP contribution in [0.1, 0.15) is 9.75 Å². The highest BCUT2D eigenvalue weighted by atomic mass is 32.1. The lowest BCUT2D eigenvalue weighted by molar-refractivity contribution is -0.120. The summed E-state index contributed by atoms with van der Waals surface area (Å²) in [6.45, 7) is 2.67. The number of thiophene rings is 1. The molecule has 0 aliphatic heterocycles. The number of carbonyl (C=O) groups is 2. The molecule has 2 N–H and O–H groups in total. The Balaban J connectivity index is 2.16. The SMILES string of the molecule is Cc1ccc(CCNC(=O)CNC(=O)N(C)C)s1. The molecule has 3 amide bonds. The number of urea groups is 1. The molecule has 1 aromatic rings. The van der Waals surface area contributed by atoms with Crippen LogP contribution in [0.2, 0.25) is 0 Å². The van der Waals surface area contributed by atoms with Crippen molar-refractivity contribution in [2.45, 2.75) is 13.3 Å². The topological polar surface area (TPSA) is 61.4 Å².